The van der Waals surface area contributed by atoms with Crippen molar-refractivity contribution in [1.29, 1.82) is 0 Å². The van der Waals surface area contributed by atoms with E-state index in [4.69, 9.17) is 9.26 Å². The zero-order chi connectivity index (χ0) is 17.9. The van der Waals surface area contributed by atoms with Gasteiger partial charge in [0.05, 0.1) is 12.2 Å². The molecule has 0 aliphatic carbocycles. The van der Waals surface area contributed by atoms with Gasteiger partial charge in [-0.3, -0.25) is 4.79 Å². The summed E-state index contributed by atoms with van der Waals surface area (Å²) in [5, 5.41) is 12.0. The first kappa shape index (κ1) is 16.2. The molecule has 0 spiro atoms. The number of nitrogens with zero attached hydrogens (tertiary/aromatic N) is 6. The Kier molecular flexibility index (Phi) is 4.34. The number of aromatic nitrogens is 5. The minimum Gasteiger partial charge on any atom is -0.484 e. The lowest BCUT2D eigenvalue weighted by Gasteiger charge is -2.16. The summed E-state index contributed by atoms with van der Waals surface area (Å²) in [6.45, 7) is 3.01. The summed E-state index contributed by atoms with van der Waals surface area (Å²) >= 11 is 0. The van der Waals surface area contributed by atoms with Crippen LogP contribution in [0.25, 0.3) is 11.6 Å². The van der Waals surface area contributed by atoms with Gasteiger partial charge in [-0.25, -0.2) is 4.68 Å². The number of ether oxygens (including phenoxy) is 1. The Morgan fingerprint density at radius 2 is 2.19 bits per heavy atom. The van der Waals surface area contributed by atoms with Crippen molar-refractivity contribution in [1.82, 2.24) is 30.0 Å². The molecular weight excluding hydrogens is 336 g/mol. The van der Waals surface area contributed by atoms with E-state index in [9.17, 15) is 4.79 Å². The molecule has 1 aliphatic rings. The Labute approximate surface area is 149 Å². The molecule has 26 heavy (non-hydrogen) atoms. The van der Waals surface area contributed by atoms with Crippen molar-refractivity contribution in [3.05, 3.63) is 42.4 Å². The van der Waals surface area contributed by atoms with Crippen LogP contribution in [0.3, 0.4) is 0 Å². The van der Waals surface area contributed by atoms with E-state index in [0.29, 0.717) is 36.2 Å². The summed E-state index contributed by atoms with van der Waals surface area (Å²) < 4.78 is 12.4. The summed E-state index contributed by atoms with van der Waals surface area (Å²) in [6.07, 6.45) is 2.58. The lowest BCUT2D eigenvalue weighted by Crippen LogP contribution is -2.33. The van der Waals surface area contributed by atoms with E-state index in [2.05, 4.69) is 20.5 Å². The Bertz CT molecular complexity index is 891. The largest absolute Gasteiger partial charge is 0.484 e. The normalized spacial score (nSPS) is 16.8. The van der Waals surface area contributed by atoms with Crippen LogP contribution in [0.4, 0.5) is 0 Å². The third-order valence-corrected chi connectivity index (χ3v) is 4.25. The molecule has 3 heterocycles. The quantitative estimate of drug-likeness (QED) is 0.684. The minimum atomic E-state index is -0.0378. The second-order valence-corrected chi connectivity index (χ2v) is 6.11. The molecule has 1 saturated heterocycles. The molecule has 0 radical (unpaired) electrons. The average molecular weight is 354 g/mol. The average Bonchev–Trinajstić information content (AvgIpc) is 3.40. The number of rotatable bonds is 5. The van der Waals surface area contributed by atoms with Crippen molar-refractivity contribution in [2.24, 2.45) is 0 Å². The molecule has 9 heteroatoms. The Balaban J connectivity index is 1.35. The van der Waals surface area contributed by atoms with Crippen LogP contribution in [0.15, 0.2) is 41.1 Å². The molecule has 3 aromatic rings. The highest BCUT2D eigenvalue weighted by atomic mass is 16.5. The molecule has 9 nitrogen and oxygen atoms in total. The molecule has 1 amide bonds. The minimum absolute atomic E-state index is 0.0284. The van der Waals surface area contributed by atoms with E-state index in [1.807, 2.05) is 30.3 Å². The van der Waals surface area contributed by atoms with Crippen LogP contribution in [-0.4, -0.2) is 55.6 Å². The van der Waals surface area contributed by atoms with Crippen LogP contribution in [0.2, 0.25) is 0 Å². The fraction of sp³-hybridized carbons (Fsp3) is 0.353. The highest BCUT2D eigenvalue weighted by Crippen LogP contribution is 2.23. The molecule has 1 atom stereocenters. The number of likely N-dealkylation sites (tertiary alicyclic amines) is 1. The number of hydrogen-bond donors (Lipinski definition) is 0. The number of carbonyl (C=O) groups is 1. The van der Waals surface area contributed by atoms with Crippen LogP contribution in [-0.2, 0) is 4.79 Å². The summed E-state index contributed by atoms with van der Waals surface area (Å²) in [7, 11) is 0. The van der Waals surface area contributed by atoms with Gasteiger partial charge in [0, 0.05) is 13.1 Å². The molecule has 4 rings (SSSR count). The fourth-order valence-electron chi connectivity index (χ4n) is 2.89. The number of amides is 1. The van der Waals surface area contributed by atoms with Gasteiger partial charge >= 0.3 is 0 Å². The van der Waals surface area contributed by atoms with Crippen LogP contribution in [0.5, 0.6) is 5.75 Å². The molecule has 1 fully saturated rings. The second kappa shape index (κ2) is 6.95. The molecule has 134 valence electrons. The number of para-hydroxylation sites is 1. The highest BCUT2D eigenvalue weighted by Gasteiger charge is 2.29. The summed E-state index contributed by atoms with van der Waals surface area (Å²) in [4.78, 5) is 18.3. The predicted octanol–water partition coefficient (Wildman–Crippen LogP) is 1.49. The van der Waals surface area contributed by atoms with E-state index in [1.54, 1.807) is 22.7 Å². The molecule has 0 bridgehead atoms. The van der Waals surface area contributed by atoms with E-state index >= 15 is 0 Å². The van der Waals surface area contributed by atoms with Crippen molar-refractivity contribution in [2.45, 2.75) is 19.4 Å². The van der Waals surface area contributed by atoms with Gasteiger partial charge in [-0.1, -0.05) is 28.6 Å². The molecule has 2 aromatic heterocycles. The lowest BCUT2D eigenvalue weighted by atomic mass is 10.3. The van der Waals surface area contributed by atoms with Gasteiger partial charge in [-0.2, -0.15) is 4.98 Å². The Morgan fingerprint density at radius 3 is 2.96 bits per heavy atom. The van der Waals surface area contributed by atoms with Gasteiger partial charge in [-0.05, 0) is 25.5 Å². The number of hydrogen-bond acceptors (Lipinski definition) is 7. The van der Waals surface area contributed by atoms with E-state index in [0.717, 1.165) is 6.42 Å². The summed E-state index contributed by atoms with van der Waals surface area (Å²) in [6, 6.07) is 9.38. The molecule has 1 unspecified atom stereocenters. The monoisotopic (exact) mass is 354 g/mol. The third-order valence-electron chi connectivity index (χ3n) is 4.25. The van der Waals surface area contributed by atoms with Gasteiger partial charge in [0.1, 0.15) is 5.75 Å². The van der Waals surface area contributed by atoms with Gasteiger partial charge in [0.2, 0.25) is 0 Å². The summed E-state index contributed by atoms with van der Waals surface area (Å²) in [5.74, 6) is 1.54. The molecule has 0 saturated carbocycles. The van der Waals surface area contributed by atoms with Crippen molar-refractivity contribution in [2.75, 3.05) is 19.7 Å². The maximum absolute atomic E-state index is 12.3. The topological polar surface area (TPSA) is 99.2 Å². The van der Waals surface area contributed by atoms with Crippen molar-refractivity contribution < 1.29 is 14.1 Å². The molecule has 1 aromatic carbocycles. The van der Waals surface area contributed by atoms with Crippen molar-refractivity contribution in [3.8, 4) is 17.3 Å². The van der Waals surface area contributed by atoms with Crippen LogP contribution >= 0.6 is 0 Å². The first-order valence-corrected chi connectivity index (χ1v) is 8.37. The van der Waals surface area contributed by atoms with Gasteiger partial charge < -0.3 is 14.2 Å². The Morgan fingerprint density at radius 1 is 1.35 bits per heavy atom. The molecular formula is C17H18N6O3. The maximum atomic E-state index is 12.3. The SMILES string of the molecule is Cc1noc(-c2cn(C3CCN(C(=O)COc4ccccc4)C3)nn2)n1. The predicted molar refractivity (Wildman–Crippen MR) is 90.2 cm³/mol. The second-order valence-electron chi connectivity index (χ2n) is 6.11. The summed E-state index contributed by atoms with van der Waals surface area (Å²) in [5.41, 5.74) is 0.530. The maximum Gasteiger partial charge on any atom is 0.280 e. The van der Waals surface area contributed by atoms with E-state index < -0.39 is 0 Å². The van der Waals surface area contributed by atoms with Crippen molar-refractivity contribution >= 4 is 5.91 Å². The van der Waals surface area contributed by atoms with Crippen molar-refractivity contribution in [3.63, 3.8) is 0 Å². The third kappa shape index (κ3) is 3.41. The fourth-order valence-corrected chi connectivity index (χ4v) is 2.89. The zero-order valence-electron chi connectivity index (χ0n) is 14.3. The molecule has 0 N–H and O–H groups in total. The van der Waals surface area contributed by atoms with Gasteiger partial charge in [0.15, 0.2) is 18.1 Å². The lowest BCUT2D eigenvalue weighted by molar-refractivity contribution is -0.132. The number of aryl methyl sites for hydroxylation is 1. The smallest absolute Gasteiger partial charge is 0.280 e. The van der Waals surface area contributed by atoms with Crippen LogP contribution < -0.4 is 4.74 Å². The molecule has 1 aliphatic heterocycles. The standard InChI is InChI=1S/C17H18N6O3/c1-12-18-17(26-20-12)15-10-23(21-19-15)13-7-8-22(9-13)16(24)11-25-14-5-3-2-4-6-14/h2-6,10,13H,7-9,11H2,1H3. The Hall–Kier alpha value is -3.23. The zero-order valence-corrected chi connectivity index (χ0v) is 14.3. The first-order valence-electron chi connectivity index (χ1n) is 8.37. The van der Waals surface area contributed by atoms with Gasteiger partial charge in [-0.15, -0.1) is 5.10 Å². The van der Waals surface area contributed by atoms with Crippen LogP contribution in [0, 0.1) is 6.92 Å². The highest BCUT2D eigenvalue weighted by molar-refractivity contribution is 5.78. The van der Waals surface area contributed by atoms with Gasteiger partial charge in [0.25, 0.3) is 11.8 Å². The van der Waals surface area contributed by atoms with E-state index in [1.165, 1.54) is 0 Å². The number of benzene rings is 1. The van der Waals surface area contributed by atoms with Crippen LogP contribution in [0.1, 0.15) is 18.3 Å². The first-order chi connectivity index (χ1) is 12.7. The van der Waals surface area contributed by atoms with E-state index in [-0.39, 0.29) is 18.6 Å². The number of carbonyl (C=O) groups excluding carboxylic acids is 1.